The zero-order valence-electron chi connectivity index (χ0n) is 38.9. The number of rotatable bonds is 18. The van der Waals surface area contributed by atoms with E-state index in [1.165, 1.54) is 0 Å². The molecular formula is C50H70N10O6. The largest absolute Gasteiger partial charge is 0.379 e. The second kappa shape index (κ2) is 24.9. The van der Waals surface area contributed by atoms with Gasteiger partial charge in [0.2, 0.25) is 11.8 Å². The van der Waals surface area contributed by atoms with Crippen LogP contribution < -0.4 is 31.6 Å². The summed E-state index contributed by atoms with van der Waals surface area (Å²) in [5.41, 5.74) is 5.14. The summed E-state index contributed by atoms with van der Waals surface area (Å²) in [5.74, 6) is 1.46. The summed E-state index contributed by atoms with van der Waals surface area (Å²) in [6.07, 6.45) is 22.8. The van der Waals surface area contributed by atoms with Gasteiger partial charge in [0, 0.05) is 72.9 Å². The van der Waals surface area contributed by atoms with E-state index in [9.17, 15) is 19.2 Å². The number of nitrogens with zero attached hydrogens (tertiary/aromatic N) is 6. The van der Waals surface area contributed by atoms with Crippen LogP contribution in [0.3, 0.4) is 0 Å². The highest BCUT2D eigenvalue weighted by atomic mass is 16.5. The fourth-order valence-corrected chi connectivity index (χ4v) is 10.1. The van der Waals surface area contributed by atoms with E-state index in [0.29, 0.717) is 62.2 Å². The highest BCUT2D eigenvalue weighted by Crippen LogP contribution is 2.30. The number of hydrogen-bond acceptors (Lipinski definition) is 12. The number of amides is 2. The maximum Gasteiger partial charge on any atom is 0.269 e. The maximum absolute atomic E-state index is 12.4. The van der Waals surface area contributed by atoms with Crippen molar-refractivity contribution in [2.75, 3.05) is 49.3 Å². The number of aromatic nitrogens is 6. The van der Waals surface area contributed by atoms with E-state index in [1.807, 2.05) is 50.5 Å². The molecule has 66 heavy (non-hydrogen) atoms. The molecule has 4 aromatic heterocycles. The first-order chi connectivity index (χ1) is 32.2. The first-order valence-corrected chi connectivity index (χ1v) is 24.4. The number of carbonyl (C=O) groups excluding carboxylic acids is 2. The van der Waals surface area contributed by atoms with E-state index >= 15 is 0 Å². The van der Waals surface area contributed by atoms with E-state index in [4.69, 9.17) is 9.47 Å². The van der Waals surface area contributed by atoms with Crippen LogP contribution in [0.5, 0.6) is 0 Å². The lowest BCUT2D eigenvalue weighted by molar-refractivity contribution is -0.124. The smallest absolute Gasteiger partial charge is 0.269 e. The third kappa shape index (κ3) is 14.3. The predicted octanol–water partition coefficient (Wildman–Crippen LogP) is 5.53. The molecule has 6 heterocycles. The number of carbonyl (C=O) groups is 2. The van der Waals surface area contributed by atoms with Gasteiger partial charge in [-0.25, -0.2) is 10.2 Å². The first kappa shape index (κ1) is 48.5. The fraction of sp³-hybridized carbons (Fsp3) is 0.600. The highest BCUT2D eigenvalue weighted by Gasteiger charge is 2.29. The van der Waals surface area contributed by atoms with E-state index in [1.54, 1.807) is 12.4 Å². The summed E-state index contributed by atoms with van der Waals surface area (Å²) in [7, 11) is 0. The molecule has 4 fully saturated rings. The van der Waals surface area contributed by atoms with E-state index in [-0.39, 0.29) is 47.1 Å². The molecule has 4 aliphatic rings. The number of aromatic amines is 2. The van der Waals surface area contributed by atoms with Gasteiger partial charge >= 0.3 is 0 Å². The summed E-state index contributed by atoms with van der Waals surface area (Å²) < 4.78 is 11.7. The van der Waals surface area contributed by atoms with E-state index < -0.39 is 0 Å². The average Bonchev–Trinajstić information content (AvgIpc) is 4.01. The van der Waals surface area contributed by atoms with Crippen LogP contribution in [0.2, 0.25) is 0 Å². The van der Waals surface area contributed by atoms with Crippen LogP contribution in [-0.2, 0) is 31.9 Å². The van der Waals surface area contributed by atoms with Gasteiger partial charge in [-0.2, -0.15) is 10.2 Å². The molecule has 2 aliphatic carbocycles. The number of hydrogen-bond donors (Lipinski definition) is 4. The SMILES string of the molecule is Cc1c(N2CCC[C@H]2COCCC(=O)NC2CCC(Cc3ccccn3)CC2)cn[nH]c1=O.Cc1c(N2CCC[C@H]2COCCC(=O)NC2CCC(Cc3ccccn3)CC2)cn[nH]c1=O. The Kier molecular flexibility index (Phi) is 18.3. The molecule has 4 aromatic rings. The summed E-state index contributed by atoms with van der Waals surface area (Å²) in [6, 6.07) is 13.1. The van der Waals surface area contributed by atoms with Gasteiger partial charge in [-0.05, 0) is 140 Å². The van der Waals surface area contributed by atoms with Gasteiger partial charge < -0.3 is 29.9 Å². The Morgan fingerprint density at radius 2 is 1.05 bits per heavy atom. The van der Waals surface area contributed by atoms with Crippen molar-refractivity contribution in [3.05, 3.63) is 104 Å². The Labute approximate surface area is 388 Å². The molecule has 2 saturated carbocycles. The molecule has 0 unspecified atom stereocenters. The second-order valence-electron chi connectivity index (χ2n) is 18.7. The molecule has 0 spiro atoms. The lowest BCUT2D eigenvalue weighted by atomic mass is 9.83. The molecule has 0 radical (unpaired) electrons. The standard InChI is InChI=1S/2C25H35N5O3/c2*1-18-23(16-27-29-25(18)32)30-13-4-6-22(30)17-33-14-11-24(31)28-20-9-7-19(8-10-20)15-21-5-2-3-12-26-21/h2*2-3,5,12,16,19-20,22H,4,6-11,13-15,17H2,1H3,(H,28,31)(H,29,32)/t2*19?,20?,22-/m00/s1. The average molecular weight is 907 g/mol. The normalized spacial score (nSPS) is 22.9. The van der Waals surface area contributed by atoms with Crippen molar-refractivity contribution >= 4 is 23.2 Å². The Bertz CT molecular complexity index is 2070. The Balaban J connectivity index is 0.000000196. The van der Waals surface area contributed by atoms with Gasteiger partial charge in [0.25, 0.3) is 11.1 Å². The van der Waals surface area contributed by atoms with Gasteiger partial charge in [-0.15, -0.1) is 0 Å². The minimum atomic E-state index is -0.151. The van der Waals surface area contributed by atoms with Crippen molar-refractivity contribution in [3.8, 4) is 0 Å². The third-order valence-electron chi connectivity index (χ3n) is 14.0. The molecule has 2 aliphatic heterocycles. The highest BCUT2D eigenvalue weighted by molar-refractivity contribution is 5.76. The molecule has 0 bridgehead atoms. The van der Waals surface area contributed by atoms with Gasteiger partial charge in [0.1, 0.15) is 0 Å². The monoisotopic (exact) mass is 907 g/mol. The van der Waals surface area contributed by atoms with Crippen molar-refractivity contribution in [1.82, 2.24) is 41.0 Å². The number of ether oxygens (including phenoxy) is 2. The van der Waals surface area contributed by atoms with Gasteiger partial charge in [0.05, 0.1) is 62.3 Å². The van der Waals surface area contributed by atoms with Crippen molar-refractivity contribution < 1.29 is 19.1 Å². The van der Waals surface area contributed by atoms with Crippen molar-refractivity contribution in [1.29, 1.82) is 0 Å². The first-order valence-electron chi connectivity index (χ1n) is 24.4. The summed E-state index contributed by atoms with van der Waals surface area (Å²) in [6.45, 7) is 7.36. The molecule has 16 nitrogen and oxygen atoms in total. The Morgan fingerprint density at radius 3 is 1.44 bits per heavy atom. The predicted molar refractivity (Wildman–Crippen MR) is 254 cm³/mol. The number of pyridine rings is 2. The summed E-state index contributed by atoms with van der Waals surface area (Å²) in [5, 5.41) is 19.2. The second-order valence-corrected chi connectivity index (χ2v) is 18.7. The van der Waals surface area contributed by atoms with Crippen molar-refractivity contribution in [2.24, 2.45) is 11.8 Å². The number of nitrogens with one attached hydrogen (secondary N) is 4. The number of anilines is 2. The lowest BCUT2D eigenvalue weighted by Crippen LogP contribution is -2.38. The summed E-state index contributed by atoms with van der Waals surface area (Å²) >= 11 is 0. The van der Waals surface area contributed by atoms with Crippen LogP contribution in [0, 0.1) is 25.7 Å². The zero-order chi connectivity index (χ0) is 46.1. The quantitative estimate of drug-likeness (QED) is 0.0912. The topological polar surface area (TPSA) is 200 Å². The minimum Gasteiger partial charge on any atom is -0.379 e. The van der Waals surface area contributed by atoms with Crippen LogP contribution in [-0.4, -0.2) is 106 Å². The molecule has 2 atom stereocenters. The number of H-pyrrole nitrogens is 2. The fourth-order valence-electron chi connectivity index (χ4n) is 10.1. The van der Waals surface area contributed by atoms with Crippen LogP contribution in [0.4, 0.5) is 11.4 Å². The van der Waals surface area contributed by atoms with Crippen molar-refractivity contribution in [3.63, 3.8) is 0 Å². The molecule has 356 valence electrons. The zero-order valence-corrected chi connectivity index (χ0v) is 38.9. The molecule has 2 amide bonds. The minimum absolute atomic E-state index is 0.0705. The molecule has 0 aromatic carbocycles. The molecular weight excluding hydrogens is 837 g/mol. The Hall–Kier alpha value is -5.48. The van der Waals surface area contributed by atoms with Crippen LogP contribution in [0.1, 0.15) is 112 Å². The molecule has 16 heteroatoms. The molecule has 2 saturated heterocycles. The van der Waals surface area contributed by atoms with E-state index in [2.05, 4.69) is 62.9 Å². The molecule has 4 N–H and O–H groups in total. The Morgan fingerprint density at radius 1 is 0.621 bits per heavy atom. The lowest BCUT2D eigenvalue weighted by Gasteiger charge is -2.29. The van der Waals surface area contributed by atoms with Gasteiger partial charge in [0.15, 0.2) is 0 Å². The third-order valence-corrected chi connectivity index (χ3v) is 14.0. The van der Waals surface area contributed by atoms with E-state index in [0.717, 1.165) is 126 Å². The van der Waals surface area contributed by atoms with Gasteiger partial charge in [-0.3, -0.25) is 29.1 Å². The summed E-state index contributed by atoms with van der Waals surface area (Å²) in [4.78, 5) is 61.8. The molecule has 8 rings (SSSR count). The van der Waals surface area contributed by atoms with Crippen LogP contribution in [0.25, 0.3) is 0 Å². The van der Waals surface area contributed by atoms with Crippen molar-refractivity contribution in [2.45, 2.75) is 141 Å². The van der Waals surface area contributed by atoms with Crippen LogP contribution in [0.15, 0.2) is 70.8 Å². The van der Waals surface area contributed by atoms with Crippen LogP contribution >= 0.6 is 0 Å². The maximum atomic E-state index is 12.4. The van der Waals surface area contributed by atoms with Gasteiger partial charge in [-0.1, -0.05) is 12.1 Å².